The summed E-state index contributed by atoms with van der Waals surface area (Å²) in [5, 5.41) is 3.55. The van der Waals surface area contributed by atoms with Crippen LogP contribution in [0.15, 0.2) is 54.2 Å². The van der Waals surface area contributed by atoms with Crippen molar-refractivity contribution in [1.82, 2.24) is 0 Å². The number of anilines is 1. The van der Waals surface area contributed by atoms with E-state index in [0.29, 0.717) is 22.0 Å². The number of allylic oxidation sites excluding steroid dienone is 2. The van der Waals surface area contributed by atoms with Gasteiger partial charge >= 0.3 is 0 Å². The van der Waals surface area contributed by atoms with Gasteiger partial charge in [-0.15, -0.1) is 0 Å². The number of Topliss-reactive ketones (excluding diaryl/α,β-unsaturated/α-hetero) is 1. The molecular weight excluding hydrogens is 302 g/mol. The van der Waals surface area contributed by atoms with Crippen LogP contribution < -0.4 is 10.1 Å². The molecule has 22 heavy (non-hydrogen) atoms. The molecule has 0 bridgehead atoms. The molecular formula is C17H12ClNO3. The minimum Gasteiger partial charge on any atom is -0.496 e. The normalized spacial score (nSPS) is 13.5. The Hall–Kier alpha value is -2.59. The number of rotatable bonds is 3. The van der Waals surface area contributed by atoms with Crippen molar-refractivity contribution in [3.05, 3.63) is 70.4 Å². The van der Waals surface area contributed by atoms with Gasteiger partial charge in [-0.1, -0.05) is 23.7 Å². The molecule has 0 amide bonds. The molecule has 2 aromatic rings. The number of carbonyl (C=O) groups excluding carboxylic acids is 2. The van der Waals surface area contributed by atoms with Crippen LogP contribution in [0, 0.1) is 0 Å². The molecule has 1 N–H and O–H groups in total. The Bertz CT molecular complexity index is 794. The second-order valence-corrected chi connectivity index (χ2v) is 5.20. The number of nitrogens with one attached hydrogen (secondary N) is 1. The predicted octanol–water partition coefficient (Wildman–Crippen LogP) is 3.72. The van der Waals surface area contributed by atoms with Crippen molar-refractivity contribution >= 4 is 28.9 Å². The Labute approximate surface area is 132 Å². The molecule has 0 spiro atoms. The second-order valence-electron chi connectivity index (χ2n) is 4.77. The molecule has 0 aliphatic heterocycles. The number of benzene rings is 2. The third-order valence-corrected chi connectivity index (χ3v) is 3.63. The second kappa shape index (κ2) is 5.66. The van der Waals surface area contributed by atoms with E-state index in [1.165, 1.54) is 13.2 Å². The van der Waals surface area contributed by atoms with E-state index in [4.69, 9.17) is 16.3 Å². The van der Waals surface area contributed by atoms with Gasteiger partial charge in [0.2, 0.25) is 5.78 Å². The molecule has 4 nitrogen and oxygen atoms in total. The van der Waals surface area contributed by atoms with Gasteiger partial charge in [0.15, 0.2) is 5.78 Å². The highest BCUT2D eigenvalue weighted by molar-refractivity contribution is 6.30. The molecule has 1 aliphatic rings. The Morgan fingerprint density at radius 2 is 1.77 bits per heavy atom. The van der Waals surface area contributed by atoms with E-state index in [1.807, 2.05) is 0 Å². The van der Waals surface area contributed by atoms with Gasteiger partial charge in [0, 0.05) is 22.3 Å². The Morgan fingerprint density at radius 3 is 2.45 bits per heavy atom. The third-order valence-electron chi connectivity index (χ3n) is 3.38. The largest absolute Gasteiger partial charge is 0.496 e. The van der Waals surface area contributed by atoms with Gasteiger partial charge in [-0.05, 0) is 30.3 Å². The molecule has 0 radical (unpaired) electrons. The van der Waals surface area contributed by atoms with Gasteiger partial charge in [0.1, 0.15) is 5.75 Å². The van der Waals surface area contributed by atoms with Crippen LogP contribution in [0.5, 0.6) is 5.75 Å². The van der Waals surface area contributed by atoms with Crippen LogP contribution in [0.1, 0.15) is 20.7 Å². The molecule has 0 saturated carbocycles. The molecule has 0 fully saturated rings. The maximum absolute atomic E-state index is 12.6. The fraction of sp³-hybridized carbons (Fsp3) is 0.0588. The fourth-order valence-electron chi connectivity index (χ4n) is 2.33. The maximum atomic E-state index is 12.6. The lowest BCUT2D eigenvalue weighted by Gasteiger charge is -2.18. The zero-order chi connectivity index (χ0) is 15.7. The summed E-state index contributed by atoms with van der Waals surface area (Å²) < 4.78 is 5.20. The molecule has 1 aliphatic carbocycles. The van der Waals surface area contributed by atoms with E-state index >= 15 is 0 Å². The summed E-state index contributed by atoms with van der Waals surface area (Å²) in [5.41, 5.74) is 1.53. The first-order valence-corrected chi connectivity index (χ1v) is 6.98. The number of ether oxygens (including phenoxy) is 1. The van der Waals surface area contributed by atoms with Crippen molar-refractivity contribution in [2.75, 3.05) is 12.4 Å². The van der Waals surface area contributed by atoms with Gasteiger partial charge < -0.3 is 10.1 Å². The smallest absolute Gasteiger partial charge is 0.213 e. The van der Waals surface area contributed by atoms with Gasteiger partial charge in [-0.3, -0.25) is 9.59 Å². The molecule has 110 valence electrons. The standard InChI is InChI=1S/C17H12ClNO3/c1-22-15-4-2-3-12-14(20)9-13(17(21)16(12)15)19-11-7-5-10(18)6-8-11/h2-9,19H,1H3. The zero-order valence-corrected chi connectivity index (χ0v) is 12.5. The zero-order valence-electron chi connectivity index (χ0n) is 11.7. The molecule has 0 heterocycles. The minimum absolute atomic E-state index is 0.212. The summed E-state index contributed by atoms with van der Waals surface area (Å²) in [5.74, 6) is -0.119. The van der Waals surface area contributed by atoms with E-state index in [0.717, 1.165) is 0 Å². The maximum Gasteiger partial charge on any atom is 0.213 e. The topological polar surface area (TPSA) is 55.4 Å². The van der Waals surface area contributed by atoms with Gasteiger partial charge in [0.25, 0.3) is 0 Å². The third kappa shape index (κ3) is 2.49. The summed E-state index contributed by atoms with van der Waals surface area (Å²) in [7, 11) is 1.47. The lowest BCUT2D eigenvalue weighted by Crippen LogP contribution is -2.22. The van der Waals surface area contributed by atoms with Crippen molar-refractivity contribution in [2.24, 2.45) is 0 Å². The first kappa shape index (κ1) is 14.4. The number of hydrogen-bond donors (Lipinski definition) is 1. The van der Waals surface area contributed by atoms with Gasteiger partial charge in [0.05, 0.1) is 18.4 Å². The van der Waals surface area contributed by atoms with Crippen LogP contribution in [0.2, 0.25) is 5.02 Å². The molecule has 0 unspecified atom stereocenters. The number of carbonyl (C=O) groups is 2. The van der Waals surface area contributed by atoms with Gasteiger partial charge in [-0.25, -0.2) is 0 Å². The number of ketones is 2. The minimum atomic E-state index is -0.276. The Morgan fingerprint density at radius 1 is 1.05 bits per heavy atom. The Kier molecular flexibility index (Phi) is 3.69. The van der Waals surface area contributed by atoms with Crippen LogP contribution in [0.25, 0.3) is 0 Å². The van der Waals surface area contributed by atoms with Crippen molar-refractivity contribution in [3.8, 4) is 5.75 Å². The highest BCUT2D eigenvalue weighted by Crippen LogP contribution is 2.30. The predicted molar refractivity (Wildman–Crippen MR) is 84.8 cm³/mol. The van der Waals surface area contributed by atoms with E-state index in [1.54, 1.807) is 42.5 Å². The van der Waals surface area contributed by atoms with E-state index < -0.39 is 0 Å². The van der Waals surface area contributed by atoms with Crippen molar-refractivity contribution in [1.29, 1.82) is 0 Å². The number of fused-ring (bicyclic) bond motifs is 1. The molecule has 0 atom stereocenters. The summed E-state index contributed by atoms with van der Waals surface area (Å²) >= 11 is 5.83. The highest BCUT2D eigenvalue weighted by Gasteiger charge is 2.28. The van der Waals surface area contributed by atoms with Crippen LogP contribution in [-0.2, 0) is 0 Å². The first-order valence-electron chi connectivity index (χ1n) is 6.60. The Balaban J connectivity index is 1.99. The summed E-state index contributed by atoms with van der Waals surface area (Å²) in [6, 6.07) is 11.8. The van der Waals surface area contributed by atoms with Crippen LogP contribution in [-0.4, -0.2) is 18.7 Å². The van der Waals surface area contributed by atoms with Crippen molar-refractivity contribution in [2.45, 2.75) is 0 Å². The number of halogens is 1. The molecule has 5 heteroatoms. The lowest BCUT2D eigenvalue weighted by molar-refractivity contribution is 0.0982. The SMILES string of the molecule is COc1cccc2c1C(=O)C(Nc1ccc(Cl)cc1)=CC2=O. The molecule has 0 aromatic heterocycles. The van der Waals surface area contributed by atoms with Gasteiger partial charge in [-0.2, -0.15) is 0 Å². The fourth-order valence-corrected chi connectivity index (χ4v) is 2.46. The number of methoxy groups -OCH3 is 1. The quantitative estimate of drug-likeness (QED) is 0.938. The van der Waals surface area contributed by atoms with Crippen molar-refractivity contribution < 1.29 is 14.3 Å². The average molecular weight is 314 g/mol. The average Bonchev–Trinajstić information content (AvgIpc) is 2.53. The summed E-state index contributed by atoms with van der Waals surface area (Å²) in [4.78, 5) is 24.8. The van der Waals surface area contributed by atoms with Crippen LogP contribution in [0.3, 0.4) is 0 Å². The van der Waals surface area contributed by atoms with E-state index in [9.17, 15) is 9.59 Å². The molecule has 2 aromatic carbocycles. The van der Waals surface area contributed by atoms with Crippen molar-refractivity contribution in [3.63, 3.8) is 0 Å². The molecule has 3 rings (SSSR count). The summed E-state index contributed by atoms with van der Waals surface area (Å²) in [6.45, 7) is 0. The number of hydrogen-bond acceptors (Lipinski definition) is 4. The summed E-state index contributed by atoms with van der Waals surface area (Å²) in [6.07, 6.45) is 1.30. The van der Waals surface area contributed by atoms with E-state index in [-0.39, 0.29) is 22.8 Å². The van der Waals surface area contributed by atoms with Crippen LogP contribution in [0.4, 0.5) is 5.69 Å². The molecule has 0 saturated heterocycles. The lowest BCUT2D eigenvalue weighted by atomic mass is 9.91. The van der Waals surface area contributed by atoms with Crippen LogP contribution >= 0.6 is 11.6 Å². The van der Waals surface area contributed by atoms with E-state index in [2.05, 4.69) is 5.32 Å². The monoisotopic (exact) mass is 313 g/mol. The highest BCUT2D eigenvalue weighted by atomic mass is 35.5. The first-order chi connectivity index (χ1) is 10.6.